The Bertz CT molecular complexity index is 1480. The first-order chi connectivity index (χ1) is 19.1. The molecule has 0 saturated carbocycles. The lowest BCUT2D eigenvalue weighted by atomic mass is 10.0. The maximum absolute atomic E-state index is 14.4. The van der Waals surface area contributed by atoms with Crippen LogP contribution < -0.4 is 4.74 Å². The minimum absolute atomic E-state index is 0.0150. The van der Waals surface area contributed by atoms with Crippen LogP contribution >= 0.6 is 30.3 Å². The number of carbonyl (C=O) groups is 1. The topological polar surface area (TPSA) is 74.4 Å². The molecule has 1 fully saturated rings. The summed E-state index contributed by atoms with van der Waals surface area (Å²) in [7, 11) is 4.49. The Labute approximate surface area is 248 Å². The number of halogens is 3. The van der Waals surface area contributed by atoms with Gasteiger partial charge in [-0.2, -0.15) is 5.10 Å². The number of pyridine rings is 1. The zero-order valence-electron chi connectivity index (χ0n) is 23.0. The second kappa shape index (κ2) is 12.9. The molecule has 0 unspecified atom stereocenters. The zero-order chi connectivity index (χ0) is 29.0. The van der Waals surface area contributed by atoms with E-state index in [1.165, 1.54) is 22.3 Å². The largest absolute Gasteiger partial charge is 0.493 e. The van der Waals surface area contributed by atoms with E-state index in [1.807, 2.05) is 41.7 Å². The van der Waals surface area contributed by atoms with Gasteiger partial charge in [0.1, 0.15) is 5.82 Å². The lowest BCUT2D eigenvalue weighted by molar-refractivity contribution is -0.119. The molecular weight excluding hydrogens is 651 g/mol. The van der Waals surface area contributed by atoms with Crippen LogP contribution in [0.3, 0.4) is 0 Å². The van der Waals surface area contributed by atoms with Gasteiger partial charge in [0.2, 0.25) is 6.41 Å². The van der Waals surface area contributed by atoms with Gasteiger partial charge in [0.25, 0.3) is 0 Å². The van der Waals surface area contributed by atoms with Crippen molar-refractivity contribution < 1.29 is 23.0 Å². The normalized spacial score (nSPS) is 14.2. The summed E-state index contributed by atoms with van der Waals surface area (Å²) in [5.74, 6) is -1.45. The summed E-state index contributed by atoms with van der Waals surface area (Å²) in [6, 6.07) is 4.27. The molecule has 40 heavy (non-hydrogen) atoms. The summed E-state index contributed by atoms with van der Waals surface area (Å²) in [4.78, 5) is 17.4. The van der Waals surface area contributed by atoms with Crippen molar-refractivity contribution in [2.75, 3.05) is 27.3 Å². The van der Waals surface area contributed by atoms with E-state index in [-0.39, 0.29) is 17.4 Å². The Kier molecular flexibility index (Phi) is 9.72. The van der Waals surface area contributed by atoms with Crippen molar-refractivity contribution in [1.82, 2.24) is 23.6 Å². The van der Waals surface area contributed by atoms with Crippen LogP contribution in [0.25, 0.3) is 33.3 Å². The minimum Gasteiger partial charge on any atom is -0.493 e. The van der Waals surface area contributed by atoms with Gasteiger partial charge in [0, 0.05) is 103 Å². The molecule has 1 aromatic carbocycles. The highest BCUT2D eigenvalue weighted by atomic mass is 127. The zero-order valence-corrected chi connectivity index (χ0v) is 26.0. The predicted octanol–water partition coefficient (Wildman–Crippen LogP) is 6.92. The highest BCUT2D eigenvalue weighted by Gasteiger charge is 2.22. The average molecular weight is 684 g/mol. The van der Waals surface area contributed by atoms with Crippen molar-refractivity contribution in [2.24, 2.45) is 0 Å². The summed E-state index contributed by atoms with van der Waals surface area (Å²) < 4.78 is 42.6. The van der Waals surface area contributed by atoms with Gasteiger partial charge in [0.15, 0.2) is 17.2 Å². The van der Waals surface area contributed by atoms with Crippen LogP contribution in [0, 0.1) is 11.6 Å². The van der Waals surface area contributed by atoms with Gasteiger partial charge in [-0.1, -0.05) is 0 Å². The number of ether oxygens (including phenoxy) is 2. The molecule has 4 aromatic rings. The number of methoxy groups -OCH3 is 2. The smallest absolute Gasteiger partial charge is 0.209 e. The lowest BCUT2D eigenvalue weighted by Crippen LogP contribution is -2.33. The molecule has 0 atom stereocenters. The molecule has 0 N–H and O–H groups in total. The number of benzene rings is 1. The number of carbonyl (C=O) groups excluding carboxylic acids is 1. The van der Waals surface area contributed by atoms with E-state index >= 15 is 0 Å². The van der Waals surface area contributed by atoms with Crippen molar-refractivity contribution in [3.05, 3.63) is 54.6 Å². The number of piperidine rings is 1. The predicted molar refractivity (Wildman–Crippen MR) is 163 cm³/mol. The van der Waals surface area contributed by atoms with Crippen molar-refractivity contribution >= 4 is 47.8 Å². The lowest BCUT2D eigenvalue weighted by Gasteiger charge is -2.29. The second-order valence-electron chi connectivity index (χ2n) is 10.4. The molecule has 1 amide bonds. The number of nitrogens with zero attached hydrogens (tertiary/aromatic N) is 5. The molecule has 1 aliphatic rings. The Morgan fingerprint density at radius 3 is 2.35 bits per heavy atom. The van der Waals surface area contributed by atoms with Gasteiger partial charge < -0.3 is 14.4 Å². The fraction of sp³-hybridized carbons (Fsp3) is 0.393. The average Bonchev–Trinajstić information content (AvgIpc) is 3.58. The van der Waals surface area contributed by atoms with E-state index in [0.29, 0.717) is 29.9 Å². The van der Waals surface area contributed by atoms with Gasteiger partial charge in [0.05, 0.1) is 24.9 Å². The van der Waals surface area contributed by atoms with Crippen molar-refractivity contribution in [1.29, 1.82) is 0 Å². The third-order valence-electron chi connectivity index (χ3n) is 6.76. The van der Waals surface area contributed by atoms with Gasteiger partial charge >= 0.3 is 0 Å². The Morgan fingerprint density at radius 1 is 1.05 bits per heavy atom. The summed E-state index contributed by atoms with van der Waals surface area (Å²) >= 11 is 2.14. The molecule has 0 radical (unpaired) electrons. The van der Waals surface area contributed by atoms with E-state index in [2.05, 4.69) is 31.3 Å². The molecule has 12 heteroatoms. The molecule has 0 aliphatic carbocycles. The summed E-state index contributed by atoms with van der Waals surface area (Å²) in [6.45, 7) is 7.49. The summed E-state index contributed by atoms with van der Waals surface area (Å²) in [5.41, 5.74) is 3.41. The van der Waals surface area contributed by atoms with Crippen LogP contribution in [0.4, 0.5) is 8.78 Å². The standard InChI is InChI=1S/C23H20F2IN5O2S.C5H12O/c1-33-22-18(7-16(24)8-21(22)25)20-12-31(34-26)23-19(20)6-14(9-27-23)15-10-28-30(11-15)17-2-4-29(13-32)5-3-17;1-5(2,3)6-4/h6-13,17H,2-5H2,1H3;1-4H3. The molecule has 1 aliphatic heterocycles. The molecule has 214 valence electrons. The Balaban J connectivity index is 0.000000557. The van der Waals surface area contributed by atoms with Gasteiger partial charge in [-0.3, -0.25) is 13.4 Å². The van der Waals surface area contributed by atoms with E-state index < -0.39 is 11.6 Å². The number of hydrogen-bond donors (Lipinski definition) is 0. The molecule has 5 rings (SSSR count). The van der Waals surface area contributed by atoms with Crippen LogP contribution in [-0.4, -0.2) is 63.0 Å². The first-order valence-corrected chi connectivity index (χ1v) is 16.0. The number of hydrogen-bond acceptors (Lipinski definition) is 6. The van der Waals surface area contributed by atoms with Crippen molar-refractivity contribution in [3.8, 4) is 28.0 Å². The maximum Gasteiger partial charge on any atom is 0.209 e. The fourth-order valence-corrected chi connectivity index (χ4v) is 5.67. The quantitative estimate of drug-likeness (QED) is 0.162. The van der Waals surface area contributed by atoms with Crippen molar-refractivity contribution in [2.45, 2.75) is 45.3 Å². The summed E-state index contributed by atoms with van der Waals surface area (Å²) in [6.07, 6.45) is 9.94. The number of rotatable bonds is 6. The first-order valence-electron chi connectivity index (χ1n) is 12.7. The third-order valence-corrected chi connectivity index (χ3v) is 8.46. The first kappa shape index (κ1) is 30.3. The van der Waals surface area contributed by atoms with Gasteiger partial charge in [-0.05, 0) is 45.7 Å². The number of fused-ring (bicyclic) bond motifs is 1. The monoisotopic (exact) mass is 683 g/mol. The molecule has 1 saturated heterocycles. The Morgan fingerprint density at radius 2 is 1.75 bits per heavy atom. The van der Waals surface area contributed by atoms with E-state index in [9.17, 15) is 13.6 Å². The van der Waals surface area contributed by atoms with E-state index in [0.717, 1.165) is 41.8 Å². The number of aromatic nitrogens is 4. The van der Waals surface area contributed by atoms with Gasteiger partial charge in [-0.15, -0.1) is 0 Å². The summed E-state index contributed by atoms with van der Waals surface area (Å²) in [5, 5.41) is 5.30. The van der Waals surface area contributed by atoms with Gasteiger partial charge in [-0.25, -0.2) is 13.8 Å². The third kappa shape index (κ3) is 6.77. The van der Waals surface area contributed by atoms with Crippen LogP contribution in [0.1, 0.15) is 39.7 Å². The van der Waals surface area contributed by atoms with E-state index in [4.69, 9.17) is 9.47 Å². The Hall–Kier alpha value is -2.71. The molecular formula is C28H32F2IN5O3S. The molecule has 0 bridgehead atoms. The number of amides is 1. The van der Waals surface area contributed by atoms with Crippen LogP contribution in [0.5, 0.6) is 5.75 Å². The highest BCUT2D eigenvalue weighted by molar-refractivity contribution is 14.2. The molecule has 8 nitrogen and oxygen atoms in total. The number of likely N-dealkylation sites (tertiary alicyclic amines) is 1. The van der Waals surface area contributed by atoms with Crippen LogP contribution in [-0.2, 0) is 9.53 Å². The second-order valence-corrected chi connectivity index (χ2v) is 12.1. The van der Waals surface area contributed by atoms with E-state index in [1.54, 1.807) is 30.6 Å². The highest BCUT2D eigenvalue weighted by Crippen LogP contribution is 2.41. The fourth-order valence-electron chi connectivity index (χ4n) is 4.41. The maximum atomic E-state index is 14.4. The SMILES string of the molecule is COC(C)(C)C.COc1c(F)cc(F)cc1-c1cn(SI)c2ncc(-c3cnn(C4CCN(C=O)CC4)c3)cc12. The molecule has 4 heterocycles. The minimum atomic E-state index is -0.758. The van der Waals surface area contributed by atoms with Crippen LogP contribution in [0.2, 0.25) is 0 Å². The molecule has 3 aromatic heterocycles. The van der Waals surface area contributed by atoms with Crippen LogP contribution in [0.15, 0.2) is 43.0 Å². The van der Waals surface area contributed by atoms with Crippen molar-refractivity contribution in [3.63, 3.8) is 0 Å². The molecule has 0 spiro atoms.